The van der Waals surface area contributed by atoms with Crippen LogP contribution in [0.4, 0.5) is 0 Å². The van der Waals surface area contributed by atoms with Crippen LogP contribution in [0, 0.1) is 11.3 Å². The first-order chi connectivity index (χ1) is 31.0. The topological polar surface area (TPSA) is 175 Å². The Morgan fingerprint density at radius 3 is 2.42 bits per heavy atom. The Labute approximate surface area is 385 Å². The molecule has 0 aliphatic carbocycles. The van der Waals surface area contributed by atoms with Crippen LogP contribution in [0.5, 0.6) is 5.75 Å². The second kappa shape index (κ2) is 24.2. The van der Waals surface area contributed by atoms with Crippen LogP contribution in [0.2, 0.25) is 0 Å². The highest BCUT2D eigenvalue weighted by molar-refractivity contribution is 5.95. The van der Waals surface area contributed by atoms with Crippen LogP contribution in [-0.4, -0.2) is 139 Å². The highest BCUT2D eigenvalue weighted by Gasteiger charge is 2.29. The highest BCUT2D eigenvalue weighted by atomic mass is 17.1. The number of hydroxylamine groups is 2. The summed E-state index contributed by atoms with van der Waals surface area (Å²) >= 11 is 0. The predicted molar refractivity (Wildman–Crippen MR) is 254 cm³/mol. The summed E-state index contributed by atoms with van der Waals surface area (Å²) in [6, 6.07) is 19.2. The summed E-state index contributed by atoms with van der Waals surface area (Å²) in [4.78, 5) is 49.9. The zero-order valence-corrected chi connectivity index (χ0v) is 39.9. The Hall–Kier alpha value is -4.71. The number of carbonyl (C=O) groups is 3. The van der Waals surface area contributed by atoms with Gasteiger partial charge < -0.3 is 34.4 Å². The van der Waals surface area contributed by atoms with Gasteiger partial charge in [0.2, 0.25) is 5.91 Å². The molecule has 1 fully saturated rings. The van der Waals surface area contributed by atoms with Crippen molar-refractivity contribution in [1.82, 2.24) is 29.8 Å². The number of amides is 2. The van der Waals surface area contributed by atoms with Crippen LogP contribution in [0.25, 0.3) is 33.3 Å². The van der Waals surface area contributed by atoms with E-state index < -0.39 is 23.3 Å². The first-order valence-corrected chi connectivity index (χ1v) is 23.0. The number of hydrogen-bond donors (Lipinski definition) is 4. The van der Waals surface area contributed by atoms with Gasteiger partial charge in [-0.3, -0.25) is 24.6 Å². The number of hydrogen-bond acceptors (Lipinski definition) is 12. The van der Waals surface area contributed by atoms with Gasteiger partial charge >= 0.3 is 5.97 Å². The number of fused-ring (bicyclic) bond motifs is 1. The number of aryl methyl sites for hydroxylation is 1. The summed E-state index contributed by atoms with van der Waals surface area (Å²) in [5, 5.41) is 25.2. The van der Waals surface area contributed by atoms with Gasteiger partial charge in [-0.05, 0) is 103 Å². The molecule has 2 amide bonds. The Morgan fingerprint density at radius 2 is 1.74 bits per heavy atom. The standard InChI is InChI=1S/C50H73N7O8/c1-9-56-45-17-16-38(31-42(45)43(32-50(4,5)34-64-62)48(56)41-15-11-10-14-37(41)19-26-63-8)39-27-36(28-40(30-39)65-47(59)18-21-55-24-22-53(6)23-25-55)29-44(52-46(58)33-54(7)61)49(60)57(51)20-12-13-35(2)3/h10-11,14-17,27-28,30-31,35,44,61-62H,9,12-13,18-26,29,32-34,51H2,1-8H3,(H,52,58)/t44-/m0/s1. The van der Waals surface area contributed by atoms with E-state index in [1.807, 2.05) is 18.2 Å². The summed E-state index contributed by atoms with van der Waals surface area (Å²) in [7, 11) is 5.15. The van der Waals surface area contributed by atoms with E-state index in [9.17, 15) is 24.8 Å². The minimum absolute atomic E-state index is 0.0365. The second-order valence-corrected chi connectivity index (χ2v) is 18.8. The highest BCUT2D eigenvalue weighted by Crippen LogP contribution is 2.41. The summed E-state index contributed by atoms with van der Waals surface area (Å²) in [6.45, 7) is 16.0. The Morgan fingerprint density at radius 1 is 1.00 bits per heavy atom. The number of nitrogens with two attached hydrogens (primary N) is 1. The molecule has 15 heteroatoms. The average molecular weight is 900 g/mol. The monoisotopic (exact) mass is 900 g/mol. The molecular formula is C50H73N7O8. The van der Waals surface area contributed by atoms with Crippen molar-refractivity contribution in [3.05, 3.63) is 77.4 Å². The van der Waals surface area contributed by atoms with Gasteiger partial charge in [0.25, 0.3) is 5.91 Å². The normalized spacial score (nSPS) is 14.4. The van der Waals surface area contributed by atoms with Gasteiger partial charge in [-0.15, -0.1) is 0 Å². The Balaban J connectivity index is 1.63. The van der Waals surface area contributed by atoms with E-state index in [1.54, 1.807) is 13.2 Å². The van der Waals surface area contributed by atoms with E-state index in [2.05, 4.69) is 97.7 Å². The summed E-state index contributed by atoms with van der Waals surface area (Å²) in [6.07, 6.45) is 3.13. The van der Waals surface area contributed by atoms with E-state index in [0.29, 0.717) is 56.3 Å². The van der Waals surface area contributed by atoms with Gasteiger partial charge in [0.1, 0.15) is 18.3 Å². The van der Waals surface area contributed by atoms with Crippen LogP contribution >= 0.6 is 0 Å². The minimum Gasteiger partial charge on any atom is -0.426 e. The van der Waals surface area contributed by atoms with Crippen LogP contribution in [0.1, 0.15) is 70.6 Å². The number of piperazine rings is 1. The van der Waals surface area contributed by atoms with Crippen molar-refractivity contribution in [1.29, 1.82) is 0 Å². The van der Waals surface area contributed by atoms with Crippen molar-refractivity contribution in [3.8, 4) is 28.1 Å². The molecule has 0 radical (unpaired) electrons. The lowest BCUT2D eigenvalue weighted by Gasteiger charge is -2.31. The number of hydrazine groups is 1. The molecule has 1 aliphatic rings. The van der Waals surface area contributed by atoms with E-state index >= 15 is 0 Å². The lowest BCUT2D eigenvalue weighted by Crippen LogP contribution is -2.53. The first kappa shape index (κ1) is 51.3. The molecule has 0 saturated carbocycles. The molecule has 5 rings (SSSR count). The van der Waals surface area contributed by atoms with Crippen molar-refractivity contribution in [2.45, 2.75) is 85.7 Å². The molecular weight excluding hydrogens is 827 g/mol. The van der Waals surface area contributed by atoms with Crippen molar-refractivity contribution in [3.63, 3.8) is 0 Å². The third-order valence-corrected chi connectivity index (χ3v) is 12.1. The fourth-order valence-electron chi connectivity index (χ4n) is 8.68. The van der Waals surface area contributed by atoms with Crippen LogP contribution < -0.4 is 15.9 Å². The SMILES string of the molecule is CCn1c(-c2ccccc2CCOC)c(CC(C)(C)COO)c2cc(-c3cc(C[C@H](NC(=O)CN(C)O)C(=O)N(N)CCCC(C)C)cc(OC(=O)CCN4CCN(C)CC4)c3)ccc21. The minimum atomic E-state index is -1.08. The van der Waals surface area contributed by atoms with Gasteiger partial charge in [0.05, 0.1) is 25.3 Å². The van der Waals surface area contributed by atoms with Crippen LogP contribution in [-0.2, 0) is 49.8 Å². The number of nitrogens with one attached hydrogen (secondary N) is 1. The van der Waals surface area contributed by atoms with Crippen LogP contribution in [0.15, 0.2) is 60.7 Å². The summed E-state index contributed by atoms with van der Waals surface area (Å²) in [5.74, 6) is 5.70. The predicted octanol–water partition coefficient (Wildman–Crippen LogP) is 6.27. The average Bonchev–Trinajstić information content (AvgIpc) is 3.55. The van der Waals surface area contributed by atoms with E-state index in [-0.39, 0.29) is 32.0 Å². The largest absolute Gasteiger partial charge is 0.426 e. The molecule has 356 valence electrons. The fraction of sp³-hybridized carbons (Fsp3) is 0.540. The molecule has 4 aromatic rings. The maximum atomic E-state index is 14.0. The maximum absolute atomic E-state index is 14.0. The van der Waals surface area contributed by atoms with E-state index in [0.717, 1.165) is 93.5 Å². The molecule has 1 atom stereocenters. The van der Waals surface area contributed by atoms with Gasteiger partial charge in [0, 0.05) is 82.9 Å². The summed E-state index contributed by atoms with van der Waals surface area (Å²) < 4.78 is 13.9. The third kappa shape index (κ3) is 14.6. The van der Waals surface area contributed by atoms with Crippen molar-refractivity contribution < 1.29 is 39.2 Å². The number of likely N-dealkylation sites (N-methyl/N-ethyl adjacent to an activating group) is 2. The zero-order chi connectivity index (χ0) is 47.3. The van der Waals surface area contributed by atoms with Crippen molar-refractivity contribution >= 4 is 28.7 Å². The molecule has 1 aromatic heterocycles. The van der Waals surface area contributed by atoms with Crippen molar-refractivity contribution in [2.24, 2.45) is 17.2 Å². The molecule has 65 heavy (non-hydrogen) atoms. The molecule has 5 N–H and O–H groups in total. The van der Waals surface area contributed by atoms with Gasteiger partial charge in [-0.25, -0.2) is 10.7 Å². The van der Waals surface area contributed by atoms with Crippen LogP contribution in [0.3, 0.4) is 0 Å². The number of nitrogens with zero attached hydrogens (tertiary/aromatic N) is 5. The lowest BCUT2D eigenvalue weighted by molar-refractivity contribution is -0.259. The smallest absolute Gasteiger partial charge is 0.312 e. The molecule has 1 saturated heterocycles. The third-order valence-electron chi connectivity index (χ3n) is 12.1. The van der Waals surface area contributed by atoms with Gasteiger partial charge in [-0.1, -0.05) is 64.1 Å². The molecule has 1 aliphatic heterocycles. The Bertz CT molecular complexity index is 2200. The molecule has 0 spiro atoms. The van der Waals surface area contributed by atoms with Gasteiger partial charge in [0.15, 0.2) is 0 Å². The molecule has 3 aromatic carbocycles. The molecule has 15 nitrogen and oxygen atoms in total. The van der Waals surface area contributed by atoms with E-state index in [1.165, 1.54) is 7.05 Å². The van der Waals surface area contributed by atoms with E-state index in [4.69, 9.17) is 20.2 Å². The number of carbonyl (C=O) groups excluding carboxylic acids is 3. The number of benzene rings is 3. The molecule has 0 bridgehead atoms. The number of ether oxygens (including phenoxy) is 2. The second-order valence-electron chi connectivity index (χ2n) is 18.8. The zero-order valence-electron chi connectivity index (χ0n) is 39.9. The quantitative estimate of drug-likeness (QED) is 0.0155. The number of rotatable bonds is 24. The number of methoxy groups -OCH3 is 1. The summed E-state index contributed by atoms with van der Waals surface area (Å²) in [5.41, 5.74) is 7.29. The lowest BCUT2D eigenvalue weighted by atomic mass is 9.84. The molecule has 2 heterocycles. The number of esters is 1. The maximum Gasteiger partial charge on any atom is 0.312 e. The molecule has 0 unspecified atom stereocenters. The Kier molecular flexibility index (Phi) is 19.1. The van der Waals surface area contributed by atoms with Gasteiger partial charge in [-0.2, -0.15) is 5.06 Å². The van der Waals surface area contributed by atoms with Crippen molar-refractivity contribution in [2.75, 3.05) is 80.2 Å². The fourth-order valence-corrected chi connectivity index (χ4v) is 8.68. The number of aromatic nitrogens is 1. The first-order valence-electron chi connectivity index (χ1n) is 23.0.